The Hall–Kier alpha value is -0.490. The first-order valence-corrected chi connectivity index (χ1v) is 2.98. The smallest absolute Gasteiger partial charge is 0.129 e. The minimum Gasteiger partial charge on any atom is -0.500 e. The van der Waals surface area contributed by atoms with Crippen LogP contribution in [-0.4, -0.2) is 6.61 Å². The normalized spacial score (nSPS) is 10.4. The van der Waals surface area contributed by atoms with Crippen LogP contribution in [0.5, 0.6) is 0 Å². The molecule has 0 amide bonds. The molecule has 0 radical (unpaired) electrons. The molecule has 0 aromatic rings. The second kappa shape index (κ2) is 4.66. The van der Waals surface area contributed by atoms with Crippen molar-refractivity contribution in [2.24, 2.45) is 0 Å². The topological polar surface area (TPSA) is 33.0 Å². The zero-order valence-electron chi connectivity index (χ0n) is 4.52. The third kappa shape index (κ3) is 3.69. The minimum atomic E-state index is 0.416. The van der Waals surface area contributed by atoms with Crippen LogP contribution in [0.2, 0.25) is 0 Å². The van der Waals surface area contributed by atoms with E-state index in [-0.39, 0.29) is 0 Å². The van der Waals surface area contributed by atoms with Crippen molar-refractivity contribution in [3.8, 4) is 6.07 Å². The molecule has 0 atom stereocenters. The lowest BCUT2D eigenvalue weighted by Gasteiger charge is -1.89. The SMILES string of the molecule is CCOC=C(Br)C#N. The number of rotatable bonds is 2. The molecular formula is C5H6BrNO. The van der Waals surface area contributed by atoms with Gasteiger partial charge in [0, 0.05) is 0 Å². The summed E-state index contributed by atoms with van der Waals surface area (Å²) in [6.07, 6.45) is 1.38. The molecule has 0 fully saturated rings. The lowest BCUT2D eigenvalue weighted by Crippen LogP contribution is -1.76. The summed E-state index contributed by atoms with van der Waals surface area (Å²) in [4.78, 5) is 0. The van der Waals surface area contributed by atoms with Gasteiger partial charge in [0.2, 0.25) is 0 Å². The molecule has 3 heteroatoms. The molecule has 0 aromatic heterocycles. The lowest BCUT2D eigenvalue weighted by atomic mass is 10.7. The summed E-state index contributed by atoms with van der Waals surface area (Å²) in [6, 6.07) is 1.85. The molecule has 0 rings (SSSR count). The largest absolute Gasteiger partial charge is 0.500 e. The quantitative estimate of drug-likeness (QED) is 0.474. The summed E-state index contributed by atoms with van der Waals surface area (Å²) in [6.45, 7) is 2.45. The van der Waals surface area contributed by atoms with Gasteiger partial charge in [0.15, 0.2) is 0 Å². The van der Waals surface area contributed by atoms with Gasteiger partial charge in [-0.3, -0.25) is 0 Å². The van der Waals surface area contributed by atoms with Crippen LogP contribution >= 0.6 is 15.9 Å². The highest BCUT2D eigenvalue weighted by Crippen LogP contribution is 2.00. The summed E-state index contributed by atoms with van der Waals surface area (Å²) in [5.74, 6) is 0. The highest BCUT2D eigenvalue weighted by atomic mass is 79.9. The number of hydrogen-bond donors (Lipinski definition) is 0. The number of nitrogens with zero attached hydrogens (tertiary/aromatic N) is 1. The maximum Gasteiger partial charge on any atom is 0.129 e. The molecule has 0 aromatic carbocycles. The van der Waals surface area contributed by atoms with Crippen LogP contribution < -0.4 is 0 Å². The van der Waals surface area contributed by atoms with E-state index in [1.807, 2.05) is 13.0 Å². The highest BCUT2D eigenvalue weighted by Gasteiger charge is 1.82. The van der Waals surface area contributed by atoms with E-state index in [1.54, 1.807) is 0 Å². The second-order valence-electron chi connectivity index (χ2n) is 1.03. The lowest BCUT2D eigenvalue weighted by molar-refractivity contribution is 0.269. The van der Waals surface area contributed by atoms with Gasteiger partial charge in [-0.15, -0.1) is 0 Å². The van der Waals surface area contributed by atoms with Crippen molar-refractivity contribution in [1.82, 2.24) is 0 Å². The van der Waals surface area contributed by atoms with Gasteiger partial charge in [-0.2, -0.15) is 5.26 Å². The molecule has 8 heavy (non-hydrogen) atoms. The molecule has 0 saturated carbocycles. The van der Waals surface area contributed by atoms with Crippen molar-refractivity contribution >= 4 is 15.9 Å². The second-order valence-corrected chi connectivity index (χ2v) is 1.89. The molecule has 0 N–H and O–H groups in total. The van der Waals surface area contributed by atoms with Gasteiger partial charge in [-0.1, -0.05) is 0 Å². The monoisotopic (exact) mass is 175 g/mol. The van der Waals surface area contributed by atoms with E-state index in [9.17, 15) is 0 Å². The van der Waals surface area contributed by atoms with Crippen LogP contribution in [0.4, 0.5) is 0 Å². The van der Waals surface area contributed by atoms with E-state index in [1.165, 1.54) is 6.26 Å². The van der Waals surface area contributed by atoms with Gasteiger partial charge in [0.25, 0.3) is 0 Å². The Morgan fingerprint density at radius 3 is 3.00 bits per heavy atom. The molecule has 0 aliphatic rings. The van der Waals surface area contributed by atoms with E-state index in [2.05, 4.69) is 15.9 Å². The molecule has 0 bridgehead atoms. The zero-order chi connectivity index (χ0) is 6.41. The van der Waals surface area contributed by atoms with Crippen molar-refractivity contribution in [3.05, 3.63) is 10.7 Å². The Balaban J connectivity index is 3.46. The van der Waals surface area contributed by atoms with Gasteiger partial charge in [-0.05, 0) is 22.9 Å². The van der Waals surface area contributed by atoms with Crippen molar-refractivity contribution in [2.75, 3.05) is 6.61 Å². The van der Waals surface area contributed by atoms with Crippen LogP contribution in [0.1, 0.15) is 6.92 Å². The first-order chi connectivity index (χ1) is 3.81. The Labute approximate surface area is 56.9 Å². The van der Waals surface area contributed by atoms with E-state index in [4.69, 9.17) is 10.00 Å². The maximum atomic E-state index is 8.12. The van der Waals surface area contributed by atoms with Gasteiger partial charge < -0.3 is 4.74 Å². The van der Waals surface area contributed by atoms with Crippen molar-refractivity contribution in [3.63, 3.8) is 0 Å². The van der Waals surface area contributed by atoms with Crippen molar-refractivity contribution in [1.29, 1.82) is 5.26 Å². The third-order valence-electron chi connectivity index (χ3n) is 0.460. The number of allylic oxidation sites excluding steroid dienone is 1. The fourth-order valence-corrected chi connectivity index (χ4v) is 0.315. The van der Waals surface area contributed by atoms with Gasteiger partial charge >= 0.3 is 0 Å². The Morgan fingerprint density at radius 1 is 2.00 bits per heavy atom. The van der Waals surface area contributed by atoms with E-state index >= 15 is 0 Å². The van der Waals surface area contributed by atoms with Gasteiger partial charge in [-0.25, -0.2) is 0 Å². The number of ether oxygens (including phenoxy) is 1. The molecule has 2 nitrogen and oxygen atoms in total. The fourth-order valence-electron chi connectivity index (χ4n) is 0.183. The molecule has 0 unspecified atom stereocenters. The molecule has 0 spiro atoms. The average Bonchev–Trinajstić information content (AvgIpc) is 1.83. The predicted molar refractivity (Wildman–Crippen MR) is 34.2 cm³/mol. The zero-order valence-corrected chi connectivity index (χ0v) is 6.10. The first kappa shape index (κ1) is 7.51. The summed E-state index contributed by atoms with van der Waals surface area (Å²) in [5, 5.41) is 8.12. The van der Waals surface area contributed by atoms with Crippen LogP contribution in [0, 0.1) is 11.3 Å². The molecule has 0 heterocycles. The van der Waals surface area contributed by atoms with Crippen LogP contribution in [-0.2, 0) is 4.74 Å². The van der Waals surface area contributed by atoms with Crippen molar-refractivity contribution < 1.29 is 4.74 Å². The van der Waals surface area contributed by atoms with Crippen LogP contribution in [0.15, 0.2) is 10.7 Å². The average molecular weight is 176 g/mol. The maximum absolute atomic E-state index is 8.12. The molecular weight excluding hydrogens is 170 g/mol. The number of hydrogen-bond acceptors (Lipinski definition) is 2. The summed E-state index contributed by atoms with van der Waals surface area (Å²) >= 11 is 2.95. The summed E-state index contributed by atoms with van der Waals surface area (Å²) in [7, 11) is 0. The molecule has 0 aliphatic heterocycles. The highest BCUT2D eigenvalue weighted by molar-refractivity contribution is 9.12. The van der Waals surface area contributed by atoms with E-state index in [0.717, 1.165) is 0 Å². The van der Waals surface area contributed by atoms with E-state index < -0.39 is 0 Å². The van der Waals surface area contributed by atoms with Crippen LogP contribution in [0.25, 0.3) is 0 Å². The standard InChI is InChI=1S/C5H6BrNO/c1-2-8-4-5(6)3-7/h4H,2H2,1H3. The van der Waals surface area contributed by atoms with Crippen molar-refractivity contribution in [2.45, 2.75) is 6.92 Å². The van der Waals surface area contributed by atoms with Crippen LogP contribution in [0.3, 0.4) is 0 Å². The summed E-state index contributed by atoms with van der Waals surface area (Å²) in [5.41, 5.74) is 0. The van der Waals surface area contributed by atoms with Gasteiger partial charge in [0.05, 0.1) is 6.61 Å². The van der Waals surface area contributed by atoms with E-state index in [0.29, 0.717) is 11.1 Å². The molecule has 0 saturated heterocycles. The predicted octanol–water partition coefficient (Wildman–Crippen LogP) is 1.78. The number of halogens is 1. The summed E-state index contributed by atoms with van der Waals surface area (Å²) < 4.78 is 5.17. The third-order valence-corrected chi connectivity index (χ3v) is 0.825. The molecule has 44 valence electrons. The fraction of sp³-hybridized carbons (Fsp3) is 0.400. The minimum absolute atomic E-state index is 0.416. The number of nitriles is 1. The first-order valence-electron chi connectivity index (χ1n) is 2.18. The Morgan fingerprint density at radius 2 is 2.62 bits per heavy atom. The van der Waals surface area contributed by atoms with Gasteiger partial charge in [0.1, 0.15) is 16.8 Å². The Bertz CT molecular complexity index is 125. The Kier molecular flexibility index (Phi) is 4.38. The molecule has 0 aliphatic carbocycles.